The Balaban J connectivity index is 1.84. The number of amides is 1. The fourth-order valence-corrected chi connectivity index (χ4v) is 3.95. The zero-order chi connectivity index (χ0) is 22.6. The van der Waals surface area contributed by atoms with Gasteiger partial charge >= 0.3 is 12.1 Å². The molecule has 0 saturated carbocycles. The van der Waals surface area contributed by atoms with E-state index in [1.54, 1.807) is 29.2 Å². The zero-order valence-corrected chi connectivity index (χ0v) is 18.5. The summed E-state index contributed by atoms with van der Waals surface area (Å²) in [6.07, 6.45) is 0.390. The lowest BCUT2D eigenvalue weighted by Gasteiger charge is -2.30. The molecule has 1 amide bonds. The van der Waals surface area contributed by atoms with Gasteiger partial charge in [-0.2, -0.15) is 0 Å². The van der Waals surface area contributed by atoms with Crippen LogP contribution in [0.5, 0.6) is 0 Å². The Kier molecular flexibility index (Phi) is 6.78. The normalized spacial score (nSPS) is 18.5. The summed E-state index contributed by atoms with van der Waals surface area (Å²) >= 11 is 0. The van der Waals surface area contributed by atoms with Crippen LogP contribution in [0.1, 0.15) is 54.6 Å². The van der Waals surface area contributed by atoms with Crippen molar-refractivity contribution in [1.82, 2.24) is 4.90 Å². The number of hydrogen-bond acceptors (Lipinski definition) is 5. The smallest absolute Gasteiger partial charge is 0.410 e. The van der Waals surface area contributed by atoms with Crippen molar-refractivity contribution in [3.8, 4) is 0 Å². The number of benzene rings is 2. The SMILES string of the molecule is COC(=O)c1ccc(CC(=O)[C@H]2[C@H](c3ccccc3)CCN2C(=O)OC(C)(C)C)cc1. The van der Waals surface area contributed by atoms with Crippen LogP contribution in [0.2, 0.25) is 0 Å². The third-order valence-electron chi connectivity index (χ3n) is 5.34. The number of hydrogen-bond donors (Lipinski definition) is 0. The molecule has 0 spiro atoms. The van der Waals surface area contributed by atoms with Crippen molar-refractivity contribution in [3.63, 3.8) is 0 Å². The molecular formula is C25H29NO5. The van der Waals surface area contributed by atoms with Gasteiger partial charge in [-0.1, -0.05) is 42.5 Å². The average molecular weight is 424 g/mol. The third-order valence-corrected chi connectivity index (χ3v) is 5.34. The Morgan fingerprint density at radius 3 is 2.23 bits per heavy atom. The molecule has 1 heterocycles. The summed E-state index contributed by atoms with van der Waals surface area (Å²) in [7, 11) is 1.33. The van der Waals surface area contributed by atoms with Gasteiger partial charge < -0.3 is 9.47 Å². The van der Waals surface area contributed by atoms with Gasteiger partial charge in [-0.15, -0.1) is 0 Å². The first kappa shape index (κ1) is 22.5. The van der Waals surface area contributed by atoms with Crippen molar-refractivity contribution >= 4 is 17.8 Å². The second-order valence-electron chi connectivity index (χ2n) is 8.76. The number of ketones is 1. The molecule has 1 aliphatic heterocycles. The van der Waals surface area contributed by atoms with E-state index in [2.05, 4.69) is 0 Å². The van der Waals surface area contributed by atoms with Gasteiger partial charge in [-0.25, -0.2) is 9.59 Å². The van der Waals surface area contributed by atoms with Crippen molar-refractivity contribution in [2.45, 2.75) is 51.2 Å². The largest absolute Gasteiger partial charge is 0.465 e. The maximum Gasteiger partial charge on any atom is 0.410 e. The van der Waals surface area contributed by atoms with Crippen LogP contribution >= 0.6 is 0 Å². The summed E-state index contributed by atoms with van der Waals surface area (Å²) in [4.78, 5) is 39.5. The second-order valence-corrected chi connectivity index (χ2v) is 8.76. The average Bonchev–Trinajstić information content (AvgIpc) is 3.19. The molecule has 3 rings (SSSR count). The van der Waals surface area contributed by atoms with Crippen LogP contribution in [0.3, 0.4) is 0 Å². The fourth-order valence-electron chi connectivity index (χ4n) is 3.95. The minimum atomic E-state index is -0.640. The standard InChI is InChI=1S/C25H29NO5/c1-25(2,3)31-24(29)26-15-14-20(18-8-6-5-7-9-18)22(26)21(27)16-17-10-12-19(13-11-17)23(28)30-4/h5-13,20,22H,14-16H2,1-4H3/t20-,22+/m0/s1. The predicted octanol–water partition coefficient (Wildman–Crippen LogP) is 4.38. The molecule has 0 unspecified atom stereocenters. The summed E-state index contributed by atoms with van der Waals surface area (Å²) in [5, 5.41) is 0. The molecule has 1 aliphatic rings. The first-order chi connectivity index (χ1) is 14.7. The number of methoxy groups -OCH3 is 1. The minimum Gasteiger partial charge on any atom is -0.465 e. The van der Waals surface area contributed by atoms with E-state index in [0.717, 1.165) is 11.1 Å². The number of carbonyl (C=O) groups excluding carboxylic acids is 3. The Labute approximate surface area is 183 Å². The number of nitrogens with zero attached hydrogens (tertiary/aromatic N) is 1. The Bertz CT molecular complexity index is 931. The Morgan fingerprint density at radius 1 is 1.00 bits per heavy atom. The van der Waals surface area contributed by atoms with Gasteiger partial charge in [0.25, 0.3) is 0 Å². The topological polar surface area (TPSA) is 72.9 Å². The summed E-state index contributed by atoms with van der Waals surface area (Å²) in [5.74, 6) is -0.562. The maximum absolute atomic E-state index is 13.4. The highest BCUT2D eigenvalue weighted by molar-refractivity contribution is 5.92. The molecule has 2 aromatic rings. The molecule has 0 bridgehead atoms. The zero-order valence-electron chi connectivity index (χ0n) is 18.5. The lowest BCUT2D eigenvalue weighted by atomic mass is 9.87. The van der Waals surface area contributed by atoms with Crippen LogP contribution in [-0.2, 0) is 20.7 Å². The molecule has 31 heavy (non-hydrogen) atoms. The van der Waals surface area contributed by atoms with E-state index in [9.17, 15) is 14.4 Å². The first-order valence-corrected chi connectivity index (χ1v) is 10.4. The molecular weight excluding hydrogens is 394 g/mol. The lowest BCUT2D eigenvalue weighted by Crippen LogP contribution is -2.45. The maximum atomic E-state index is 13.4. The van der Waals surface area contributed by atoms with Crippen molar-refractivity contribution in [3.05, 3.63) is 71.3 Å². The third kappa shape index (κ3) is 5.51. The van der Waals surface area contributed by atoms with Crippen LogP contribution in [-0.4, -0.2) is 48.0 Å². The van der Waals surface area contributed by atoms with E-state index in [-0.39, 0.29) is 18.1 Å². The molecule has 1 saturated heterocycles. The van der Waals surface area contributed by atoms with E-state index in [0.29, 0.717) is 18.5 Å². The molecule has 6 nitrogen and oxygen atoms in total. The monoisotopic (exact) mass is 423 g/mol. The van der Waals surface area contributed by atoms with E-state index in [4.69, 9.17) is 9.47 Å². The summed E-state index contributed by atoms with van der Waals surface area (Å²) < 4.78 is 10.3. The van der Waals surface area contributed by atoms with Crippen LogP contribution in [0.25, 0.3) is 0 Å². The number of likely N-dealkylation sites (tertiary alicyclic amines) is 1. The summed E-state index contributed by atoms with van der Waals surface area (Å²) in [5.41, 5.74) is 1.60. The predicted molar refractivity (Wildman–Crippen MR) is 117 cm³/mol. The van der Waals surface area contributed by atoms with Gasteiger partial charge in [0, 0.05) is 18.9 Å². The quantitative estimate of drug-likeness (QED) is 0.668. The molecule has 6 heteroatoms. The number of carbonyl (C=O) groups is 3. The summed E-state index contributed by atoms with van der Waals surface area (Å²) in [6, 6.07) is 16.0. The molecule has 2 atom stereocenters. The van der Waals surface area contributed by atoms with Gasteiger partial charge in [0.1, 0.15) is 11.6 Å². The van der Waals surface area contributed by atoms with Crippen LogP contribution < -0.4 is 0 Å². The van der Waals surface area contributed by atoms with Crippen LogP contribution in [0.15, 0.2) is 54.6 Å². The van der Waals surface area contributed by atoms with Gasteiger partial charge in [0.15, 0.2) is 5.78 Å². The van der Waals surface area contributed by atoms with E-state index >= 15 is 0 Å². The molecule has 1 fully saturated rings. The number of esters is 1. The van der Waals surface area contributed by atoms with Crippen molar-refractivity contribution in [2.24, 2.45) is 0 Å². The van der Waals surface area contributed by atoms with Gasteiger partial charge in [0.2, 0.25) is 0 Å². The molecule has 0 N–H and O–H groups in total. The van der Waals surface area contributed by atoms with Crippen molar-refractivity contribution in [1.29, 1.82) is 0 Å². The molecule has 2 aromatic carbocycles. The minimum absolute atomic E-state index is 0.0527. The molecule has 0 aromatic heterocycles. The number of ether oxygens (including phenoxy) is 2. The molecule has 164 valence electrons. The van der Waals surface area contributed by atoms with Gasteiger partial charge in [0.05, 0.1) is 12.7 Å². The van der Waals surface area contributed by atoms with Crippen LogP contribution in [0.4, 0.5) is 4.79 Å². The Hall–Kier alpha value is -3.15. The number of Topliss-reactive ketones (excluding diaryl/α,β-unsaturated/α-hetero) is 1. The lowest BCUT2D eigenvalue weighted by molar-refractivity contribution is -0.123. The summed E-state index contributed by atoms with van der Waals surface area (Å²) in [6.45, 7) is 5.91. The van der Waals surface area contributed by atoms with E-state index in [1.165, 1.54) is 7.11 Å². The van der Waals surface area contributed by atoms with Gasteiger partial charge in [-0.3, -0.25) is 9.69 Å². The highest BCUT2D eigenvalue weighted by Crippen LogP contribution is 2.35. The molecule has 0 radical (unpaired) electrons. The van der Waals surface area contributed by atoms with Gasteiger partial charge in [-0.05, 0) is 50.5 Å². The van der Waals surface area contributed by atoms with E-state index < -0.39 is 23.7 Å². The second kappa shape index (κ2) is 9.33. The van der Waals surface area contributed by atoms with E-state index in [1.807, 2.05) is 51.1 Å². The van der Waals surface area contributed by atoms with Crippen molar-refractivity contribution in [2.75, 3.05) is 13.7 Å². The fraction of sp³-hybridized carbons (Fsp3) is 0.400. The highest BCUT2D eigenvalue weighted by atomic mass is 16.6. The van der Waals surface area contributed by atoms with Crippen molar-refractivity contribution < 1.29 is 23.9 Å². The number of rotatable bonds is 5. The Morgan fingerprint density at radius 2 is 1.65 bits per heavy atom. The van der Waals surface area contributed by atoms with Crippen LogP contribution in [0, 0.1) is 0 Å². The molecule has 0 aliphatic carbocycles. The first-order valence-electron chi connectivity index (χ1n) is 10.4. The highest BCUT2D eigenvalue weighted by Gasteiger charge is 2.43.